The number of methoxy groups -OCH3 is 2. The fraction of sp³-hybridized carbons (Fsp3) is 0.417. The highest BCUT2D eigenvalue weighted by Crippen LogP contribution is 2.45. The molecule has 2 aromatic carbocycles. The second-order valence-corrected chi connectivity index (χ2v) is 8.37. The number of rotatable bonds is 6. The first-order chi connectivity index (χ1) is 13.3. The Hall–Kier alpha value is -2.62. The van der Waals surface area contributed by atoms with Crippen molar-refractivity contribution in [3.8, 4) is 11.5 Å². The normalized spacial score (nSPS) is 18.0. The molecular formula is C24H28O4. The second-order valence-electron chi connectivity index (χ2n) is 8.37. The van der Waals surface area contributed by atoms with E-state index in [2.05, 4.69) is 0 Å². The second kappa shape index (κ2) is 7.78. The van der Waals surface area contributed by atoms with E-state index in [-0.39, 0.29) is 11.6 Å². The Bertz CT molecular complexity index is 776. The first kappa shape index (κ1) is 20.1. The van der Waals surface area contributed by atoms with E-state index in [0.29, 0.717) is 25.7 Å². The molecule has 0 radical (unpaired) electrons. The molecule has 1 aliphatic rings. The van der Waals surface area contributed by atoms with E-state index in [1.54, 1.807) is 28.1 Å². The molecule has 0 N–H and O–H groups in total. The maximum atomic E-state index is 12.9. The van der Waals surface area contributed by atoms with Gasteiger partial charge in [-0.05, 0) is 67.5 Å². The molecule has 4 nitrogen and oxygen atoms in total. The monoisotopic (exact) mass is 380 g/mol. The molecule has 1 saturated carbocycles. The van der Waals surface area contributed by atoms with Crippen LogP contribution < -0.4 is 9.47 Å². The van der Waals surface area contributed by atoms with Gasteiger partial charge in [-0.25, -0.2) is 0 Å². The molecule has 1 aliphatic carbocycles. The maximum Gasteiger partial charge on any atom is 0.146 e. The van der Waals surface area contributed by atoms with Gasteiger partial charge < -0.3 is 9.47 Å². The summed E-state index contributed by atoms with van der Waals surface area (Å²) in [6.07, 6.45) is 2.17. The lowest BCUT2D eigenvalue weighted by Gasteiger charge is -2.42. The minimum absolute atomic E-state index is 0.0331. The number of Topliss-reactive ketones (excluding diaryl/α,β-unsaturated/α-hetero) is 2. The van der Waals surface area contributed by atoms with Crippen molar-refractivity contribution in [1.29, 1.82) is 0 Å². The highest BCUT2D eigenvalue weighted by Gasteiger charge is 2.49. The number of carbonyl (C=O) groups excluding carboxylic acids is 2. The molecule has 0 saturated heterocycles. The van der Waals surface area contributed by atoms with E-state index in [4.69, 9.17) is 9.47 Å². The van der Waals surface area contributed by atoms with Crippen LogP contribution in [-0.4, -0.2) is 25.8 Å². The predicted octanol–water partition coefficient (Wildman–Crippen LogP) is 4.43. The van der Waals surface area contributed by atoms with Crippen molar-refractivity contribution < 1.29 is 19.1 Å². The molecule has 0 heterocycles. The summed E-state index contributed by atoms with van der Waals surface area (Å²) in [5, 5.41) is 0. The fourth-order valence-electron chi connectivity index (χ4n) is 4.01. The zero-order valence-corrected chi connectivity index (χ0v) is 17.1. The van der Waals surface area contributed by atoms with Crippen molar-refractivity contribution in [2.75, 3.05) is 14.2 Å². The summed E-state index contributed by atoms with van der Waals surface area (Å²) in [6.45, 7) is 3.50. The molecule has 3 rings (SSSR count). The molecule has 0 bridgehead atoms. The largest absolute Gasteiger partial charge is 0.497 e. The van der Waals surface area contributed by atoms with E-state index in [1.807, 2.05) is 48.5 Å². The highest BCUT2D eigenvalue weighted by atomic mass is 16.5. The van der Waals surface area contributed by atoms with E-state index >= 15 is 0 Å². The lowest BCUT2D eigenvalue weighted by molar-refractivity contribution is -0.146. The first-order valence-electron chi connectivity index (χ1n) is 9.60. The third kappa shape index (κ3) is 4.11. The van der Waals surface area contributed by atoms with Crippen LogP contribution in [0.3, 0.4) is 0 Å². The van der Waals surface area contributed by atoms with Crippen LogP contribution in [0.4, 0.5) is 0 Å². The highest BCUT2D eigenvalue weighted by molar-refractivity contribution is 6.08. The van der Waals surface area contributed by atoms with Gasteiger partial charge in [0.05, 0.1) is 19.6 Å². The Morgan fingerprint density at radius 2 is 1.07 bits per heavy atom. The van der Waals surface area contributed by atoms with Gasteiger partial charge in [-0.2, -0.15) is 0 Å². The number of hydrogen-bond donors (Lipinski definition) is 0. The summed E-state index contributed by atoms with van der Waals surface area (Å²) in [5.74, 6) is 1.66. The topological polar surface area (TPSA) is 52.6 Å². The molecule has 4 heteroatoms. The summed E-state index contributed by atoms with van der Waals surface area (Å²) in [4.78, 5) is 25.7. The van der Waals surface area contributed by atoms with E-state index < -0.39 is 10.8 Å². The summed E-state index contributed by atoms with van der Waals surface area (Å²) < 4.78 is 10.5. The first-order valence-corrected chi connectivity index (χ1v) is 9.60. The smallest absolute Gasteiger partial charge is 0.146 e. The van der Waals surface area contributed by atoms with Gasteiger partial charge in [-0.3, -0.25) is 9.59 Å². The minimum atomic E-state index is -0.886. The molecule has 0 aliphatic heterocycles. The molecule has 0 aromatic heterocycles. The van der Waals surface area contributed by atoms with Gasteiger partial charge in [0.2, 0.25) is 0 Å². The molecule has 0 atom stereocenters. The number of benzene rings is 2. The van der Waals surface area contributed by atoms with Crippen LogP contribution in [0.5, 0.6) is 11.5 Å². The Kier molecular flexibility index (Phi) is 5.59. The third-order valence-corrected chi connectivity index (χ3v) is 5.94. The van der Waals surface area contributed by atoms with Crippen molar-refractivity contribution in [2.24, 2.45) is 10.8 Å². The van der Waals surface area contributed by atoms with Gasteiger partial charge in [-0.1, -0.05) is 24.3 Å². The minimum Gasteiger partial charge on any atom is -0.497 e. The third-order valence-electron chi connectivity index (χ3n) is 5.94. The van der Waals surface area contributed by atoms with Gasteiger partial charge in [-0.15, -0.1) is 0 Å². The van der Waals surface area contributed by atoms with Gasteiger partial charge >= 0.3 is 0 Å². The molecule has 0 spiro atoms. The Morgan fingerprint density at radius 1 is 0.714 bits per heavy atom. The Morgan fingerprint density at radius 3 is 1.39 bits per heavy atom. The van der Waals surface area contributed by atoms with Crippen LogP contribution in [0.2, 0.25) is 0 Å². The summed E-state index contributed by atoms with van der Waals surface area (Å²) >= 11 is 0. The molecule has 148 valence electrons. The van der Waals surface area contributed by atoms with Crippen molar-refractivity contribution in [3.63, 3.8) is 0 Å². The van der Waals surface area contributed by atoms with Crippen LogP contribution in [0.15, 0.2) is 48.5 Å². The SMILES string of the molecule is COc1ccc(CC2(Cc3ccc(OC)cc3)CC(=O)C(C)(C)C(=O)C2)cc1. The van der Waals surface area contributed by atoms with Crippen molar-refractivity contribution in [2.45, 2.75) is 39.5 Å². The standard InChI is InChI=1S/C24H28O4/c1-23(2)21(25)15-24(16-22(23)26,13-17-5-9-19(27-3)10-6-17)14-18-7-11-20(28-4)12-8-18/h5-12H,13-16H2,1-4H3. The van der Waals surface area contributed by atoms with E-state index in [0.717, 1.165) is 22.6 Å². The van der Waals surface area contributed by atoms with Gasteiger partial charge in [0, 0.05) is 12.8 Å². The number of hydrogen-bond acceptors (Lipinski definition) is 4. The van der Waals surface area contributed by atoms with Crippen LogP contribution >= 0.6 is 0 Å². The number of ether oxygens (including phenoxy) is 2. The number of carbonyl (C=O) groups is 2. The molecule has 1 fully saturated rings. The average Bonchev–Trinajstić information content (AvgIpc) is 2.68. The summed E-state index contributed by atoms with van der Waals surface area (Å²) in [6, 6.07) is 15.8. The van der Waals surface area contributed by atoms with Gasteiger partial charge in [0.1, 0.15) is 23.1 Å². The predicted molar refractivity (Wildman–Crippen MR) is 109 cm³/mol. The lowest BCUT2D eigenvalue weighted by atomic mass is 9.59. The van der Waals surface area contributed by atoms with E-state index in [1.165, 1.54) is 0 Å². The molecule has 28 heavy (non-hydrogen) atoms. The van der Waals surface area contributed by atoms with Gasteiger partial charge in [0.25, 0.3) is 0 Å². The van der Waals surface area contributed by atoms with Crippen molar-refractivity contribution in [1.82, 2.24) is 0 Å². The van der Waals surface area contributed by atoms with E-state index in [9.17, 15) is 9.59 Å². The average molecular weight is 380 g/mol. The molecule has 0 amide bonds. The Labute approximate surface area is 166 Å². The van der Waals surface area contributed by atoms with Crippen molar-refractivity contribution in [3.05, 3.63) is 59.7 Å². The maximum absolute atomic E-state index is 12.9. The molecule has 0 unspecified atom stereocenters. The fourth-order valence-corrected chi connectivity index (χ4v) is 4.01. The molecule has 2 aromatic rings. The zero-order valence-electron chi connectivity index (χ0n) is 17.1. The lowest BCUT2D eigenvalue weighted by Crippen LogP contribution is -2.47. The van der Waals surface area contributed by atoms with Crippen LogP contribution in [0.1, 0.15) is 37.8 Å². The summed E-state index contributed by atoms with van der Waals surface area (Å²) in [5.41, 5.74) is 0.917. The van der Waals surface area contributed by atoms with Crippen LogP contribution in [0.25, 0.3) is 0 Å². The molecular weight excluding hydrogens is 352 g/mol. The van der Waals surface area contributed by atoms with Crippen LogP contribution in [0, 0.1) is 10.8 Å². The van der Waals surface area contributed by atoms with Crippen molar-refractivity contribution >= 4 is 11.6 Å². The van der Waals surface area contributed by atoms with Gasteiger partial charge in [0.15, 0.2) is 0 Å². The quantitative estimate of drug-likeness (QED) is 0.696. The summed E-state index contributed by atoms with van der Waals surface area (Å²) in [7, 11) is 3.28. The zero-order chi connectivity index (χ0) is 20.4. The van der Waals surface area contributed by atoms with Crippen LogP contribution in [-0.2, 0) is 22.4 Å². The number of ketones is 2. The Balaban J connectivity index is 1.92.